The van der Waals surface area contributed by atoms with E-state index in [1.54, 1.807) is 34.6 Å². The summed E-state index contributed by atoms with van der Waals surface area (Å²) in [7, 11) is 0. The van der Waals surface area contributed by atoms with Crippen LogP contribution < -0.4 is 49.1 Å². The van der Waals surface area contributed by atoms with Gasteiger partial charge in [-0.3, -0.25) is 38.4 Å². The molecular weight excluding hydrogens is 662 g/mol. The van der Waals surface area contributed by atoms with Gasteiger partial charge in [0.15, 0.2) is 0 Å². The number of aliphatic hydroxyl groups excluding tert-OH is 1. The molecule has 0 aliphatic carbocycles. The van der Waals surface area contributed by atoms with E-state index in [1.807, 2.05) is 6.92 Å². The Kier molecular flexibility index (Phi) is 19.2. The summed E-state index contributed by atoms with van der Waals surface area (Å²) >= 11 is 0. The van der Waals surface area contributed by atoms with Gasteiger partial charge in [0, 0.05) is 0 Å². The minimum atomic E-state index is -1.65. The number of nitrogens with one attached hydrogen (secondary N) is 6. The first-order valence-electron chi connectivity index (χ1n) is 16.1. The third kappa shape index (κ3) is 15.1. The lowest BCUT2D eigenvalue weighted by atomic mass is 9.99. The van der Waals surface area contributed by atoms with Gasteiger partial charge in [-0.2, -0.15) is 0 Å². The largest absolute Gasteiger partial charge is 0.480 e. The Bertz CT molecular complexity index is 1260. The molecule has 0 aromatic rings. The molecule has 14 N–H and O–H groups in total. The van der Waals surface area contributed by atoms with Crippen LogP contribution in [0, 0.1) is 17.8 Å². The zero-order valence-electron chi connectivity index (χ0n) is 29.4. The normalized spacial score (nSPS) is 15.9. The van der Waals surface area contributed by atoms with Crippen LogP contribution >= 0.6 is 0 Å². The van der Waals surface area contributed by atoms with Crippen LogP contribution in [0.15, 0.2) is 0 Å². The van der Waals surface area contributed by atoms with E-state index >= 15 is 0 Å². The van der Waals surface area contributed by atoms with E-state index in [2.05, 4.69) is 31.9 Å². The zero-order valence-corrected chi connectivity index (χ0v) is 29.4. The summed E-state index contributed by atoms with van der Waals surface area (Å²) in [5.74, 6) is -10.3. The Morgan fingerprint density at radius 1 is 0.560 bits per heavy atom. The van der Waals surface area contributed by atoms with Crippen molar-refractivity contribution in [3.05, 3.63) is 0 Å². The molecule has 0 spiro atoms. The van der Waals surface area contributed by atoms with E-state index < -0.39 is 127 Å². The van der Waals surface area contributed by atoms with Crippen LogP contribution in [0.25, 0.3) is 0 Å². The lowest BCUT2D eigenvalue weighted by Crippen LogP contribution is -2.61. The van der Waals surface area contributed by atoms with Gasteiger partial charge in [0.2, 0.25) is 47.3 Å². The van der Waals surface area contributed by atoms with Crippen LogP contribution in [-0.4, -0.2) is 112 Å². The maximum absolute atomic E-state index is 13.2. The second kappa shape index (κ2) is 21.3. The molecule has 0 aliphatic rings. The summed E-state index contributed by atoms with van der Waals surface area (Å²) in [4.78, 5) is 112. The number of carbonyl (C=O) groups excluding carboxylic acids is 8. The van der Waals surface area contributed by atoms with Crippen molar-refractivity contribution in [2.24, 2.45) is 35.0 Å². The van der Waals surface area contributed by atoms with E-state index in [0.29, 0.717) is 6.42 Å². The lowest BCUT2D eigenvalue weighted by molar-refractivity contribution is -0.144. The fourth-order valence-electron chi connectivity index (χ4n) is 4.29. The molecule has 0 aliphatic heterocycles. The second-order valence-electron chi connectivity index (χ2n) is 12.6. The molecule has 284 valence electrons. The van der Waals surface area contributed by atoms with Gasteiger partial charge in [0.1, 0.15) is 36.3 Å². The zero-order chi connectivity index (χ0) is 39.0. The molecule has 20 heteroatoms. The van der Waals surface area contributed by atoms with Crippen molar-refractivity contribution < 1.29 is 53.4 Å². The van der Waals surface area contributed by atoms with Crippen LogP contribution in [0.5, 0.6) is 0 Å². The molecule has 0 unspecified atom stereocenters. The predicted octanol–water partition coefficient (Wildman–Crippen LogP) is -4.57. The van der Waals surface area contributed by atoms with Gasteiger partial charge in [-0.05, 0) is 24.7 Å². The predicted molar refractivity (Wildman–Crippen MR) is 177 cm³/mol. The summed E-state index contributed by atoms with van der Waals surface area (Å²) in [5, 5.41) is 33.1. The van der Waals surface area contributed by atoms with Crippen molar-refractivity contribution >= 4 is 53.2 Å². The third-order valence-electron chi connectivity index (χ3n) is 7.68. The van der Waals surface area contributed by atoms with Crippen LogP contribution in [-0.2, 0) is 43.2 Å². The van der Waals surface area contributed by atoms with Gasteiger partial charge < -0.3 is 59.3 Å². The maximum Gasteiger partial charge on any atom is 0.326 e. The van der Waals surface area contributed by atoms with Crippen molar-refractivity contribution in [3.8, 4) is 0 Å². The number of carboxylic acids is 1. The molecular formula is C30H53N9O11. The number of carboxylic acid groups (broad SMARTS) is 1. The number of amides is 8. The maximum atomic E-state index is 13.2. The van der Waals surface area contributed by atoms with Crippen molar-refractivity contribution in [2.75, 3.05) is 6.61 Å². The van der Waals surface area contributed by atoms with Crippen molar-refractivity contribution in [2.45, 2.75) is 110 Å². The highest BCUT2D eigenvalue weighted by Gasteiger charge is 2.35. The van der Waals surface area contributed by atoms with Crippen molar-refractivity contribution in [1.29, 1.82) is 0 Å². The van der Waals surface area contributed by atoms with Gasteiger partial charge >= 0.3 is 5.97 Å². The Labute approximate surface area is 290 Å². The highest BCUT2D eigenvalue weighted by atomic mass is 16.4. The van der Waals surface area contributed by atoms with Gasteiger partial charge in [0.25, 0.3) is 0 Å². The van der Waals surface area contributed by atoms with E-state index in [0.717, 1.165) is 0 Å². The molecule has 0 fully saturated rings. The highest BCUT2D eigenvalue weighted by Crippen LogP contribution is 2.09. The van der Waals surface area contributed by atoms with E-state index in [9.17, 15) is 53.4 Å². The van der Waals surface area contributed by atoms with Gasteiger partial charge in [0.05, 0.1) is 25.5 Å². The molecule has 8 amide bonds. The summed E-state index contributed by atoms with van der Waals surface area (Å²) in [6.07, 6.45) is -0.740. The van der Waals surface area contributed by atoms with Crippen LogP contribution in [0.4, 0.5) is 0 Å². The molecule has 0 radical (unpaired) electrons. The average molecular weight is 716 g/mol. The monoisotopic (exact) mass is 715 g/mol. The van der Waals surface area contributed by atoms with Crippen molar-refractivity contribution in [3.63, 3.8) is 0 Å². The topological polar surface area (TPSA) is 344 Å². The molecule has 0 saturated heterocycles. The lowest BCUT2D eigenvalue weighted by Gasteiger charge is -2.29. The fraction of sp³-hybridized carbons (Fsp3) is 0.700. The van der Waals surface area contributed by atoms with Gasteiger partial charge in [-0.25, -0.2) is 4.79 Å². The van der Waals surface area contributed by atoms with Crippen LogP contribution in [0.2, 0.25) is 0 Å². The minimum Gasteiger partial charge on any atom is -0.480 e. The third-order valence-corrected chi connectivity index (χ3v) is 7.68. The number of hydrogen-bond donors (Lipinski definition) is 11. The van der Waals surface area contributed by atoms with Gasteiger partial charge in [-0.15, -0.1) is 0 Å². The number of nitrogens with two attached hydrogens (primary N) is 3. The van der Waals surface area contributed by atoms with E-state index in [-0.39, 0.29) is 5.92 Å². The van der Waals surface area contributed by atoms with Crippen LogP contribution in [0.3, 0.4) is 0 Å². The average Bonchev–Trinajstić information content (AvgIpc) is 3.01. The fourth-order valence-corrected chi connectivity index (χ4v) is 4.29. The molecule has 0 bridgehead atoms. The molecule has 50 heavy (non-hydrogen) atoms. The number of aliphatic carboxylic acids is 1. The summed E-state index contributed by atoms with van der Waals surface area (Å²) in [6.45, 7) is 10.1. The molecule has 0 rings (SSSR count). The van der Waals surface area contributed by atoms with E-state index in [4.69, 9.17) is 17.2 Å². The van der Waals surface area contributed by atoms with Crippen molar-refractivity contribution in [1.82, 2.24) is 31.9 Å². The first kappa shape index (κ1) is 45.2. The first-order chi connectivity index (χ1) is 23.1. The van der Waals surface area contributed by atoms with Gasteiger partial charge in [-0.1, -0.05) is 48.0 Å². The highest BCUT2D eigenvalue weighted by molar-refractivity contribution is 5.98. The Hall–Kier alpha value is -4.85. The molecule has 0 aromatic heterocycles. The Morgan fingerprint density at radius 2 is 0.960 bits per heavy atom. The first-order valence-corrected chi connectivity index (χ1v) is 16.1. The minimum absolute atomic E-state index is 0.248. The molecule has 20 nitrogen and oxygen atoms in total. The van der Waals surface area contributed by atoms with Crippen LogP contribution in [0.1, 0.15) is 67.7 Å². The Balaban J connectivity index is 5.68. The van der Waals surface area contributed by atoms with E-state index in [1.165, 1.54) is 6.92 Å². The number of primary amides is 2. The Morgan fingerprint density at radius 3 is 1.38 bits per heavy atom. The molecule has 0 aromatic carbocycles. The second-order valence-corrected chi connectivity index (χ2v) is 12.6. The SMILES string of the molecule is CC[C@H](C)[C@H](N)C(=O)N[C@@H](CC(N)=O)C(=O)N[C@@H](C)C(=O)N[C@@H](CO)C(=O)N[C@H](C(=O)N[C@H](C(=O)N[C@@H](CC(N)=O)C(=O)O)C(C)C)C(C)C. The standard InChI is InChI=1S/C30H53N9O11/c1-8-14(6)21(33)27(46)35-16(9-19(31)41)25(44)34-15(7)24(43)37-18(11-40)26(45)38-23(13(4)5)29(48)39-22(12(2)3)28(47)36-17(30(49)50)10-20(32)42/h12-18,21-23,40H,8-11,33H2,1-7H3,(H2,31,41)(H2,32,42)(H,34,44)(H,35,46)(H,36,47)(H,37,43)(H,38,45)(H,39,48)(H,49,50)/t14-,15-,16-,17-,18-,21-,22-,23-/m0/s1. The smallest absolute Gasteiger partial charge is 0.326 e. The summed E-state index contributed by atoms with van der Waals surface area (Å²) < 4.78 is 0. The quantitative estimate of drug-likeness (QED) is 0.0505. The molecule has 0 heterocycles. The number of hydrogen-bond acceptors (Lipinski definition) is 11. The molecule has 0 saturated carbocycles. The summed E-state index contributed by atoms with van der Waals surface area (Å²) in [6, 6.07) is -9.72. The number of carbonyl (C=O) groups is 9. The summed E-state index contributed by atoms with van der Waals surface area (Å²) in [5.41, 5.74) is 16.2. The number of rotatable bonds is 22. The number of aliphatic hydroxyl groups is 1. The molecule has 8 atom stereocenters.